The number of amides is 1. The molecule has 0 spiro atoms. The van der Waals surface area contributed by atoms with Crippen LogP contribution >= 0.6 is 0 Å². The van der Waals surface area contributed by atoms with Gasteiger partial charge >= 0.3 is 0 Å². The van der Waals surface area contributed by atoms with Crippen LogP contribution < -0.4 is 10.5 Å². The molecule has 0 bridgehead atoms. The minimum Gasteiger partial charge on any atom is -0.367 e. The summed E-state index contributed by atoms with van der Waals surface area (Å²) in [6, 6.07) is 25.9. The Morgan fingerprint density at radius 1 is 0.702 bits per heavy atom. The Bertz CT molecular complexity index is 2030. The molecule has 238 valence electrons. The van der Waals surface area contributed by atoms with Gasteiger partial charge in [0.05, 0.1) is 18.5 Å². The zero-order chi connectivity index (χ0) is 33.1. The molecule has 1 aliphatic rings. The molecule has 0 radical (unpaired) electrons. The van der Waals surface area contributed by atoms with Gasteiger partial charge in [-0.25, -0.2) is 13.2 Å². The summed E-state index contributed by atoms with van der Waals surface area (Å²) in [7, 11) is 0. The molecule has 6 rings (SSSR count). The van der Waals surface area contributed by atoms with Crippen molar-refractivity contribution in [1.82, 2.24) is 9.47 Å². The molecule has 0 aliphatic carbocycles. The average Bonchev–Trinajstić information content (AvgIpc) is 3.08. The molecule has 7 nitrogen and oxygen atoms in total. The Hall–Kier alpha value is -5.51. The first kappa shape index (κ1) is 31.5. The number of nitrogens with zero attached hydrogens (tertiary/aromatic N) is 3. The van der Waals surface area contributed by atoms with E-state index in [9.17, 15) is 32.3 Å². The maximum absolute atomic E-state index is 13.9. The monoisotopic (exact) mass is 637 g/mol. The summed E-state index contributed by atoms with van der Waals surface area (Å²) in [5.74, 6) is -6.91. The average molecular weight is 638 g/mol. The molecule has 1 aliphatic heterocycles. The molecule has 1 amide bonds. The van der Waals surface area contributed by atoms with Crippen LogP contribution in [0.15, 0.2) is 102 Å². The number of rotatable bonds is 9. The van der Waals surface area contributed by atoms with Gasteiger partial charge in [0.2, 0.25) is 5.78 Å². The number of halogens is 3. The van der Waals surface area contributed by atoms with Gasteiger partial charge in [-0.2, -0.15) is 0 Å². The summed E-state index contributed by atoms with van der Waals surface area (Å²) in [5.41, 5.74) is 1.19. The highest BCUT2D eigenvalue weighted by Crippen LogP contribution is 2.27. The molecule has 0 N–H and O–H groups in total. The van der Waals surface area contributed by atoms with Crippen molar-refractivity contribution >= 4 is 33.9 Å². The Morgan fingerprint density at radius 3 is 2.09 bits per heavy atom. The highest BCUT2D eigenvalue weighted by Gasteiger charge is 2.29. The summed E-state index contributed by atoms with van der Waals surface area (Å²) in [5, 5.41) is 2.19. The number of pyridine rings is 1. The van der Waals surface area contributed by atoms with Crippen LogP contribution in [-0.2, 0) is 22.6 Å². The number of fused-ring (bicyclic) bond motifs is 1. The maximum atomic E-state index is 13.9. The predicted molar refractivity (Wildman–Crippen MR) is 172 cm³/mol. The predicted octanol–water partition coefficient (Wildman–Crippen LogP) is 5.55. The summed E-state index contributed by atoms with van der Waals surface area (Å²) in [6.07, 6.45) is 0.511. The van der Waals surface area contributed by atoms with Crippen LogP contribution in [0.4, 0.5) is 18.9 Å². The van der Waals surface area contributed by atoms with Gasteiger partial charge in [0, 0.05) is 43.4 Å². The summed E-state index contributed by atoms with van der Waals surface area (Å²) in [6.45, 7) is 1.64. The van der Waals surface area contributed by atoms with Gasteiger partial charge in [0.1, 0.15) is 0 Å². The highest BCUT2D eigenvalue weighted by molar-refractivity contribution is 6.40. The summed E-state index contributed by atoms with van der Waals surface area (Å²) >= 11 is 0. The molecule has 5 aromatic rings. The Balaban J connectivity index is 1.19. The van der Waals surface area contributed by atoms with Gasteiger partial charge in [-0.3, -0.25) is 19.2 Å². The lowest BCUT2D eigenvalue weighted by Gasteiger charge is -2.36. The zero-order valence-electron chi connectivity index (χ0n) is 25.3. The van der Waals surface area contributed by atoms with Crippen molar-refractivity contribution in [3.8, 4) is 0 Å². The van der Waals surface area contributed by atoms with E-state index in [1.54, 1.807) is 30.3 Å². The van der Waals surface area contributed by atoms with Gasteiger partial charge in [-0.15, -0.1) is 0 Å². The van der Waals surface area contributed by atoms with Crippen molar-refractivity contribution in [2.45, 2.75) is 19.4 Å². The van der Waals surface area contributed by atoms with Crippen LogP contribution in [0.25, 0.3) is 10.8 Å². The Labute approximate surface area is 268 Å². The topological polar surface area (TPSA) is 79.7 Å². The van der Waals surface area contributed by atoms with Crippen LogP contribution in [0.2, 0.25) is 0 Å². The van der Waals surface area contributed by atoms with Crippen molar-refractivity contribution in [3.05, 3.63) is 147 Å². The van der Waals surface area contributed by atoms with Crippen molar-refractivity contribution in [1.29, 1.82) is 0 Å². The number of carbonyl (C=O) groups is 3. The quantitative estimate of drug-likeness (QED) is 0.0917. The second kappa shape index (κ2) is 13.5. The van der Waals surface area contributed by atoms with Gasteiger partial charge < -0.3 is 14.4 Å². The molecule has 1 aromatic heterocycles. The fourth-order valence-electron chi connectivity index (χ4n) is 5.97. The van der Waals surface area contributed by atoms with E-state index in [1.807, 2.05) is 42.5 Å². The van der Waals surface area contributed by atoms with Crippen molar-refractivity contribution < 1.29 is 27.6 Å². The first-order chi connectivity index (χ1) is 22.7. The minimum atomic E-state index is -1.60. The number of hydrogen-bond acceptors (Lipinski definition) is 5. The Morgan fingerprint density at radius 2 is 1.36 bits per heavy atom. The van der Waals surface area contributed by atoms with Gasteiger partial charge in [-0.05, 0) is 52.8 Å². The standard InChI is InChI=1S/C37H30F3N3O4/c38-30-19-25(20-31(39)35(30)40)17-26-18-29(36(46)43(23-26)22-24-7-2-1-3-8-24)33(44)21-34(45)37(47)42-15-13-41(14-16-42)32-12-6-10-27-9-4-5-11-28(27)32/h1-12,18-20,23H,13-17,21-22H2. The van der Waals surface area contributed by atoms with Crippen molar-refractivity contribution in [2.75, 3.05) is 31.1 Å². The number of ketones is 2. The molecule has 10 heteroatoms. The minimum absolute atomic E-state index is 0.0772. The molecule has 47 heavy (non-hydrogen) atoms. The molecule has 2 heterocycles. The molecule has 1 saturated heterocycles. The normalized spacial score (nSPS) is 13.2. The zero-order valence-corrected chi connectivity index (χ0v) is 25.3. The number of anilines is 1. The molecular formula is C37H30F3N3O4. The van der Waals surface area contributed by atoms with Gasteiger partial charge in [0.15, 0.2) is 23.2 Å². The number of hydrogen-bond donors (Lipinski definition) is 0. The van der Waals surface area contributed by atoms with E-state index in [2.05, 4.69) is 4.90 Å². The smallest absolute Gasteiger partial charge is 0.290 e. The lowest BCUT2D eigenvalue weighted by atomic mass is 10.0. The molecule has 0 saturated carbocycles. The van der Waals surface area contributed by atoms with E-state index >= 15 is 0 Å². The number of carbonyl (C=O) groups excluding carboxylic acids is 3. The third kappa shape index (κ3) is 6.86. The lowest BCUT2D eigenvalue weighted by molar-refractivity contribution is -0.144. The van der Waals surface area contributed by atoms with Crippen LogP contribution in [0, 0.1) is 17.5 Å². The third-order valence-corrected chi connectivity index (χ3v) is 8.32. The van der Waals surface area contributed by atoms with Crippen LogP contribution in [-0.4, -0.2) is 53.1 Å². The molecule has 1 fully saturated rings. The van der Waals surface area contributed by atoms with Crippen molar-refractivity contribution in [3.63, 3.8) is 0 Å². The fourth-order valence-corrected chi connectivity index (χ4v) is 5.97. The molecule has 0 atom stereocenters. The first-order valence-corrected chi connectivity index (χ1v) is 15.2. The fraction of sp³-hybridized carbons (Fsp3) is 0.189. The van der Waals surface area contributed by atoms with E-state index in [1.165, 1.54) is 21.7 Å². The van der Waals surface area contributed by atoms with Crippen LogP contribution in [0.5, 0.6) is 0 Å². The Kier molecular flexibility index (Phi) is 9.01. The van der Waals surface area contributed by atoms with Gasteiger partial charge in [-0.1, -0.05) is 66.7 Å². The van der Waals surface area contributed by atoms with E-state index < -0.39 is 46.9 Å². The largest absolute Gasteiger partial charge is 0.367 e. The van der Waals surface area contributed by atoms with E-state index in [4.69, 9.17) is 0 Å². The molecule has 0 unspecified atom stereocenters. The van der Waals surface area contributed by atoms with Crippen LogP contribution in [0.1, 0.15) is 33.5 Å². The van der Waals surface area contributed by atoms with E-state index in [0.717, 1.165) is 34.2 Å². The van der Waals surface area contributed by atoms with E-state index in [-0.39, 0.29) is 37.2 Å². The van der Waals surface area contributed by atoms with Gasteiger partial charge in [0.25, 0.3) is 11.5 Å². The van der Waals surface area contributed by atoms with Crippen LogP contribution in [0.3, 0.4) is 0 Å². The molecule has 4 aromatic carbocycles. The SMILES string of the molecule is O=C(CC(=O)c1cc(Cc2cc(F)c(F)c(F)c2)cn(Cc2ccccc2)c1=O)C(=O)N1CCN(c2cccc3ccccc23)CC1. The second-order valence-corrected chi connectivity index (χ2v) is 11.5. The maximum Gasteiger partial charge on any atom is 0.290 e. The number of piperazine rings is 1. The number of aromatic nitrogens is 1. The number of Topliss-reactive ketones (excluding diaryl/α,β-unsaturated/α-hetero) is 2. The third-order valence-electron chi connectivity index (χ3n) is 8.32. The second-order valence-electron chi connectivity index (χ2n) is 11.5. The lowest BCUT2D eigenvalue weighted by Crippen LogP contribution is -2.51. The number of benzene rings is 4. The summed E-state index contributed by atoms with van der Waals surface area (Å²) < 4.78 is 42.7. The highest BCUT2D eigenvalue weighted by atomic mass is 19.2. The molecular weight excluding hydrogens is 607 g/mol. The first-order valence-electron chi connectivity index (χ1n) is 15.2. The van der Waals surface area contributed by atoms with Crippen molar-refractivity contribution in [2.24, 2.45) is 0 Å². The van der Waals surface area contributed by atoms with E-state index in [0.29, 0.717) is 18.7 Å². The summed E-state index contributed by atoms with van der Waals surface area (Å²) in [4.78, 5) is 56.6.